The molecule has 0 aliphatic carbocycles. The minimum Gasteiger partial charge on any atom is -0.465 e. The van der Waals surface area contributed by atoms with E-state index in [1.165, 1.54) is 4.88 Å². The molecule has 1 aromatic rings. The monoisotopic (exact) mass is 253 g/mol. The first kappa shape index (κ1) is 13.9. The number of nitrogens with one attached hydrogen (secondary N) is 1. The van der Waals surface area contributed by atoms with Gasteiger partial charge in [-0.25, -0.2) is 4.79 Å². The predicted octanol–water partition coefficient (Wildman–Crippen LogP) is 2.69. The van der Waals surface area contributed by atoms with Crippen molar-refractivity contribution in [2.24, 2.45) is 0 Å². The Morgan fingerprint density at radius 1 is 1.59 bits per heavy atom. The van der Waals surface area contributed by atoms with Crippen LogP contribution in [0.4, 0.5) is 0 Å². The van der Waals surface area contributed by atoms with Gasteiger partial charge in [0.15, 0.2) is 0 Å². The number of carbonyl (C=O) groups is 1. The zero-order valence-corrected chi connectivity index (χ0v) is 11.2. The Labute approximate surface area is 106 Å². The maximum Gasteiger partial charge on any atom is 0.328 e. The second-order valence-electron chi connectivity index (χ2n) is 3.54. The Balaban J connectivity index is 2.80. The maximum absolute atomic E-state index is 11.8. The lowest BCUT2D eigenvalue weighted by atomic mass is 10.2. The van der Waals surface area contributed by atoms with Crippen LogP contribution >= 0.6 is 11.3 Å². The third kappa shape index (κ3) is 3.98. The zero-order valence-electron chi connectivity index (χ0n) is 10.4. The molecule has 0 saturated carbocycles. The molecule has 3 nitrogen and oxygen atoms in total. The molecular weight excluding hydrogens is 234 g/mol. The van der Waals surface area contributed by atoms with Crippen molar-refractivity contribution in [2.45, 2.75) is 26.3 Å². The minimum atomic E-state index is -0.377. The van der Waals surface area contributed by atoms with E-state index in [1.807, 2.05) is 13.0 Å². The molecule has 0 fully saturated rings. The highest BCUT2D eigenvalue weighted by Gasteiger charge is 2.22. The van der Waals surface area contributed by atoms with Crippen molar-refractivity contribution in [1.29, 1.82) is 0 Å². The lowest BCUT2D eigenvalue weighted by molar-refractivity contribution is -0.145. The zero-order chi connectivity index (χ0) is 12.7. The number of rotatable bonds is 7. The Morgan fingerprint density at radius 2 is 2.35 bits per heavy atom. The summed E-state index contributed by atoms with van der Waals surface area (Å²) in [6.07, 6.45) is 2.72. The van der Waals surface area contributed by atoms with Crippen LogP contribution < -0.4 is 5.32 Å². The fourth-order valence-electron chi connectivity index (χ4n) is 1.47. The number of hydrogen-bond acceptors (Lipinski definition) is 4. The number of hydrogen-bond donors (Lipinski definition) is 1. The number of ether oxygens (including phenoxy) is 1. The van der Waals surface area contributed by atoms with Gasteiger partial charge >= 0.3 is 5.97 Å². The SMILES string of the molecule is C=CCNC(C(=O)OCC)c1ccc(CC)s1. The Morgan fingerprint density at radius 3 is 2.88 bits per heavy atom. The minimum absolute atomic E-state index is 0.223. The topological polar surface area (TPSA) is 38.3 Å². The smallest absolute Gasteiger partial charge is 0.328 e. The van der Waals surface area contributed by atoms with E-state index >= 15 is 0 Å². The lowest BCUT2D eigenvalue weighted by Crippen LogP contribution is -2.29. The van der Waals surface area contributed by atoms with Crippen molar-refractivity contribution in [2.75, 3.05) is 13.2 Å². The van der Waals surface area contributed by atoms with Crippen LogP contribution in [-0.2, 0) is 16.0 Å². The number of esters is 1. The van der Waals surface area contributed by atoms with E-state index in [9.17, 15) is 4.79 Å². The number of aryl methyl sites for hydroxylation is 1. The summed E-state index contributed by atoms with van der Waals surface area (Å²) in [6, 6.07) is 3.67. The summed E-state index contributed by atoms with van der Waals surface area (Å²) in [5.41, 5.74) is 0. The molecule has 0 saturated heterocycles. The van der Waals surface area contributed by atoms with Crippen LogP contribution in [0.5, 0.6) is 0 Å². The first-order valence-corrected chi connectivity index (χ1v) is 6.64. The van der Waals surface area contributed by atoms with Gasteiger partial charge in [0, 0.05) is 16.3 Å². The summed E-state index contributed by atoms with van der Waals surface area (Å²) in [5, 5.41) is 3.13. The van der Waals surface area contributed by atoms with Gasteiger partial charge in [-0.05, 0) is 25.5 Å². The van der Waals surface area contributed by atoms with E-state index in [0.717, 1.165) is 11.3 Å². The van der Waals surface area contributed by atoms with Crippen LogP contribution in [0.3, 0.4) is 0 Å². The van der Waals surface area contributed by atoms with Crippen LogP contribution in [0.2, 0.25) is 0 Å². The van der Waals surface area contributed by atoms with E-state index < -0.39 is 0 Å². The molecule has 0 aromatic carbocycles. The van der Waals surface area contributed by atoms with Crippen molar-refractivity contribution >= 4 is 17.3 Å². The fourth-order valence-corrected chi connectivity index (χ4v) is 2.48. The highest BCUT2D eigenvalue weighted by Crippen LogP contribution is 2.24. The van der Waals surface area contributed by atoms with E-state index in [1.54, 1.807) is 17.4 Å². The first-order chi connectivity index (χ1) is 8.22. The summed E-state index contributed by atoms with van der Waals surface area (Å²) < 4.78 is 5.07. The van der Waals surface area contributed by atoms with Gasteiger partial charge in [0.1, 0.15) is 6.04 Å². The van der Waals surface area contributed by atoms with Crippen LogP contribution in [0.1, 0.15) is 29.6 Å². The molecule has 1 heterocycles. The molecule has 4 heteroatoms. The molecular formula is C13H19NO2S. The van der Waals surface area contributed by atoms with Crippen molar-refractivity contribution < 1.29 is 9.53 Å². The summed E-state index contributed by atoms with van der Waals surface area (Å²) >= 11 is 1.65. The molecule has 0 aliphatic rings. The first-order valence-electron chi connectivity index (χ1n) is 5.82. The maximum atomic E-state index is 11.8. The quantitative estimate of drug-likeness (QED) is 0.600. The van der Waals surface area contributed by atoms with Gasteiger partial charge in [-0.15, -0.1) is 17.9 Å². The van der Waals surface area contributed by atoms with E-state index in [2.05, 4.69) is 24.9 Å². The van der Waals surface area contributed by atoms with Gasteiger partial charge in [-0.1, -0.05) is 13.0 Å². The average Bonchev–Trinajstić information content (AvgIpc) is 2.78. The molecule has 0 aliphatic heterocycles. The molecule has 0 bridgehead atoms. The van der Waals surface area contributed by atoms with Crippen molar-refractivity contribution in [3.8, 4) is 0 Å². The van der Waals surface area contributed by atoms with E-state index in [-0.39, 0.29) is 12.0 Å². The fraction of sp³-hybridized carbons (Fsp3) is 0.462. The molecule has 1 aromatic heterocycles. The van der Waals surface area contributed by atoms with Crippen molar-refractivity contribution in [1.82, 2.24) is 5.32 Å². The second kappa shape index (κ2) is 7.25. The molecule has 1 N–H and O–H groups in total. The third-order valence-corrected chi connectivity index (χ3v) is 3.60. The largest absolute Gasteiger partial charge is 0.465 e. The van der Waals surface area contributed by atoms with Gasteiger partial charge < -0.3 is 4.74 Å². The molecule has 1 unspecified atom stereocenters. The lowest BCUT2D eigenvalue weighted by Gasteiger charge is -2.14. The predicted molar refractivity (Wildman–Crippen MR) is 71.3 cm³/mol. The van der Waals surface area contributed by atoms with Crippen molar-refractivity contribution in [3.63, 3.8) is 0 Å². The standard InChI is InChI=1S/C13H19NO2S/c1-4-9-14-12(13(15)16-6-3)11-8-7-10(5-2)17-11/h4,7-8,12,14H,1,5-6,9H2,2-3H3. The number of thiophene rings is 1. The third-order valence-electron chi connectivity index (χ3n) is 2.30. The summed E-state index contributed by atoms with van der Waals surface area (Å²) in [4.78, 5) is 14.1. The molecule has 1 atom stereocenters. The molecule has 0 radical (unpaired) electrons. The summed E-state index contributed by atoms with van der Waals surface area (Å²) in [5.74, 6) is -0.223. The van der Waals surface area contributed by atoms with Crippen LogP contribution in [0.15, 0.2) is 24.8 Å². The van der Waals surface area contributed by atoms with E-state index in [4.69, 9.17) is 4.74 Å². The molecule has 17 heavy (non-hydrogen) atoms. The summed E-state index contributed by atoms with van der Waals surface area (Å²) in [7, 11) is 0. The van der Waals surface area contributed by atoms with E-state index in [0.29, 0.717) is 13.2 Å². The Kier molecular flexibility index (Phi) is 5.94. The van der Waals surface area contributed by atoms with Crippen LogP contribution in [-0.4, -0.2) is 19.1 Å². The Bertz CT molecular complexity index is 373. The molecule has 0 amide bonds. The van der Waals surface area contributed by atoms with Crippen LogP contribution in [0, 0.1) is 0 Å². The molecule has 0 spiro atoms. The molecule has 1 rings (SSSR count). The van der Waals surface area contributed by atoms with Gasteiger partial charge in [-0.2, -0.15) is 0 Å². The van der Waals surface area contributed by atoms with Gasteiger partial charge in [0.05, 0.1) is 6.61 Å². The normalized spacial score (nSPS) is 12.1. The van der Waals surface area contributed by atoms with Gasteiger partial charge in [-0.3, -0.25) is 5.32 Å². The van der Waals surface area contributed by atoms with Gasteiger partial charge in [0.2, 0.25) is 0 Å². The van der Waals surface area contributed by atoms with Gasteiger partial charge in [0.25, 0.3) is 0 Å². The summed E-state index contributed by atoms with van der Waals surface area (Å²) in [6.45, 7) is 8.55. The number of carbonyl (C=O) groups excluding carboxylic acids is 1. The average molecular weight is 253 g/mol. The van der Waals surface area contributed by atoms with Crippen molar-refractivity contribution in [3.05, 3.63) is 34.5 Å². The Hall–Kier alpha value is -1.13. The second-order valence-corrected chi connectivity index (χ2v) is 4.74. The van der Waals surface area contributed by atoms with Crippen LogP contribution in [0.25, 0.3) is 0 Å². The molecule has 94 valence electrons. The highest BCUT2D eigenvalue weighted by atomic mass is 32.1. The highest BCUT2D eigenvalue weighted by molar-refractivity contribution is 7.12.